The molecule has 0 saturated heterocycles. The highest BCUT2D eigenvalue weighted by atomic mass is 31.0. The van der Waals surface area contributed by atoms with E-state index in [1.54, 1.807) is 6.92 Å². The van der Waals surface area contributed by atoms with E-state index in [2.05, 4.69) is 26.6 Å². The van der Waals surface area contributed by atoms with Gasteiger partial charge in [0, 0.05) is 44.8 Å². The van der Waals surface area contributed by atoms with Gasteiger partial charge in [0.25, 0.3) is 0 Å². The van der Waals surface area contributed by atoms with Crippen LogP contribution in [-0.4, -0.2) is 142 Å². The zero-order valence-electron chi connectivity index (χ0n) is 40.9. The molecule has 20 heteroatoms. The van der Waals surface area contributed by atoms with E-state index < -0.39 is 29.9 Å². The lowest BCUT2D eigenvalue weighted by Crippen LogP contribution is -2.45. The zero-order valence-corrected chi connectivity index (χ0v) is 42.1. The minimum atomic E-state index is -1.20. The average molecular weight is 988 g/mol. The maximum atomic E-state index is 13.0. The van der Waals surface area contributed by atoms with Crippen molar-refractivity contribution in [3.05, 3.63) is 0 Å². The number of ether oxygens (including phenoxy) is 4. The standard InChI is InChI=1S/C48H86N5O14P/c1-37(48(63)68)52-44(57)36-67-33-31-65-29-27-50-43(56)35-66-32-30-64-28-26-49-42(55)25-24-40(47(61)62)53-46(60)39-22-20-38(21-23-39)34-51-41(54)18-16-14-12-10-8-6-4-2-3-5-7-9-11-13-15-17-19-45(58)59/h37-40H,2-36,68H2,1H3,(H,49,55)(H,50,56)(H,51,54)(H,52,57)(H,53,60)(H,58,59)(H,61,62)/t37-,38?,39?,40-/m0/s1. The van der Waals surface area contributed by atoms with Crippen molar-refractivity contribution in [2.24, 2.45) is 11.8 Å². The third-order valence-corrected chi connectivity index (χ3v) is 12.3. The number of hydrogen-bond acceptors (Lipinski definition) is 12. The largest absolute Gasteiger partial charge is 0.481 e. The van der Waals surface area contributed by atoms with Gasteiger partial charge in [0.15, 0.2) is 5.52 Å². The molecule has 0 aromatic carbocycles. The maximum absolute atomic E-state index is 13.0. The van der Waals surface area contributed by atoms with Gasteiger partial charge in [-0.2, -0.15) is 0 Å². The van der Waals surface area contributed by atoms with E-state index in [4.69, 9.17) is 24.1 Å². The molecule has 3 atom stereocenters. The van der Waals surface area contributed by atoms with Crippen molar-refractivity contribution in [2.75, 3.05) is 72.5 Å². The highest BCUT2D eigenvalue weighted by Crippen LogP contribution is 2.29. The molecule has 1 aliphatic rings. The van der Waals surface area contributed by atoms with Crippen molar-refractivity contribution in [2.45, 2.75) is 173 Å². The monoisotopic (exact) mass is 988 g/mol. The van der Waals surface area contributed by atoms with Gasteiger partial charge in [0.2, 0.25) is 29.5 Å². The van der Waals surface area contributed by atoms with Crippen LogP contribution in [0.5, 0.6) is 0 Å². The van der Waals surface area contributed by atoms with Crippen LogP contribution in [0.2, 0.25) is 0 Å². The number of carboxylic acid groups (broad SMARTS) is 2. The number of nitrogens with one attached hydrogen (secondary N) is 5. The fourth-order valence-corrected chi connectivity index (χ4v) is 7.71. The number of hydrogen-bond donors (Lipinski definition) is 7. The summed E-state index contributed by atoms with van der Waals surface area (Å²) in [6, 6.07) is -1.79. The molecule has 1 unspecified atom stereocenters. The lowest BCUT2D eigenvalue weighted by atomic mass is 9.81. The van der Waals surface area contributed by atoms with Gasteiger partial charge >= 0.3 is 11.9 Å². The minimum Gasteiger partial charge on any atom is -0.481 e. The van der Waals surface area contributed by atoms with Crippen molar-refractivity contribution in [3.63, 3.8) is 0 Å². The van der Waals surface area contributed by atoms with E-state index in [-0.39, 0.29) is 120 Å². The van der Waals surface area contributed by atoms with Crippen molar-refractivity contribution in [3.8, 4) is 0 Å². The molecular weight excluding hydrogens is 902 g/mol. The summed E-state index contributed by atoms with van der Waals surface area (Å²) < 4.78 is 21.2. The molecule has 68 heavy (non-hydrogen) atoms. The molecule has 0 radical (unpaired) electrons. The molecule has 0 spiro atoms. The van der Waals surface area contributed by atoms with Gasteiger partial charge in [-0.1, -0.05) is 99.1 Å². The third kappa shape index (κ3) is 37.2. The Labute approximate surface area is 406 Å². The van der Waals surface area contributed by atoms with E-state index >= 15 is 0 Å². The predicted octanol–water partition coefficient (Wildman–Crippen LogP) is 4.57. The number of carbonyl (C=O) groups excluding carboxylic acids is 6. The molecule has 0 bridgehead atoms. The summed E-state index contributed by atoms with van der Waals surface area (Å²) in [6.45, 7) is 3.37. The first-order chi connectivity index (χ1) is 32.8. The van der Waals surface area contributed by atoms with Gasteiger partial charge in [-0.25, -0.2) is 4.79 Å². The van der Waals surface area contributed by atoms with Crippen molar-refractivity contribution >= 4 is 56.2 Å². The maximum Gasteiger partial charge on any atom is 0.326 e. The summed E-state index contributed by atoms with van der Waals surface area (Å²) in [7, 11) is 2.00. The molecule has 19 nitrogen and oxygen atoms in total. The van der Waals surface area contributed by atoms with Crippen molar-refractivity contribution in [1.82, 2.24) is 26.6 Å². The molecule has 0 aromatic rings. The molecule has 1 aliphatic carbocycles. The zero-order chi connectivity index (χ0) is 50.0. The summed E-state index contributed by atoms with van der Waals surface area (Å²) in [4.78, 5) is 94.8. The second kappa shape index (κ2) is 42.1. The number of aliphatic carboxylic acids is 2. The van der Waals surface area contributed by atoms with Gasteiger partial charge in [-0.3, -0.25) is 33.6 Å². The van der Waals surface area contributed by atoms with Crippen LogP contribution < -0.4 is 26.6 Å². The number of carboxylic acids is 2. The fourth-order valence-electron chi connectivity index (χ4n) is 7.62. The molecule has 1 saturated carbocycles. The highest BCUT2D eigenvalue weighted by molar-refractivity contribution is 7.40. The molecule has 5 amide bonds. The van der Waals surface area contributed by atoms with E-state index in [0.717, 1.165) is 51.4 Å². The SMILES string of the molecule is C[C@H](NC(=O)COCCOCCNC(=O)COCCOCCNC(=O)CC[C@H](NC(=O)C1CCC(CNC(=O)CCCCCCCCCCCCCCCCCCC(=O)O)CC1)C(=O)O)C(=O)P. The van der Waals surface area contributed by atoms with Gasteiger partial charge < -0.3 is 55.7 Å². The van der Waals surface area contributed by atoms with Crippen LogP contribution >= 0.6 is 9.24 Å². The molecule has 392 valence electrons. The molecule has 0 heterocycles. The van der Waals surface area contributed by atoms with E-state index in [0.29, 0.717) is 32.2 Å². The van der Waals surface area contributed by atoms with E-state index in [9.17, 15) is 43.5 Å². The number of unbranched alkanes of at least 4 members (excludes halogenated alkanes) is 15. The average Bonchev–Trinajstić information content (AvgIpc) is 3.30. The van der Waals surface area contributed by atoms with Gasteiger partial charge in [0.1, 0.15) is 19.3 Å². The third-order valence-electron chi connectivity index (χ3n) is 11.8. The quantitative estimate of drug-likeness (QED) is 0.0326. The first-order valence-electron chi connectivity index (χ1n) is 25.2. The summed E-state index contributed by atoms with van der Waals surface area (Å²) in [6.07, 6.45) is 22.1. The Kier molecular flexibility index (Phi) is 38.6. The summed E-state index contributed by atoms with van der Waals surface area (Å²) in [5.41, 5.74) is -0.232. The van der Waals surface area contributed by atoms with Crippen LogP contribution in [0.4, 0.5) is 0 Å². The van der Waals surface area contributed by atoms with E-state index in [1.807, 2.05) is 9.24 Å². The highest BCUT2D eigenvalue weighted by Gasteiger charge is 2.30. The number of carbonyl (C=O) groups is 8. The Morgan fingerprint density at radius 1 is 0.515 bits per heavy atom. The Hall–Kier alpha value is -3.77. The number of rotatable bonds is 45. The van der Waals surface area contributed by atoms with Crippen LogP contribution in [0.25, 0.3) is 0 Å². The number of amides is 5. The topological polar surface area (TPSA) is 274 Å². The Morgan fingerprint density at radius 2 is 0.956 bits per heavy atom. The Morgan fingerprint density at radius 3 is 1.44 bits per heavy atom. The smallest absolute Gasteiger partial charge is 0.326 e. The van der Waals surface area contributed by atoms with Crippen molar-refractivity contribution in [1.29, 1.82) is 0 Å². The minimum absolute atomic E-state index is 0.0576. The summed E-state index contributed by atoms with van der Waals surface area (Å²) >= 11 is 0. The first kappa shape index (κ1) is 62.2. The first-order valence-corrected chi connectivity index (χ1v) is 25.8. The predicted molar refractivity (Wildman–Crippen MR) is 260 cm³/mol. The molecule has 7 N–H and O–H groups in total. The van der Waals surface area contributed by atoms with Gasteiger partial charge in [-0.15, -0.1) is 0 Å². The molecule has 0 aromatic heterocycles. The van der Waals surface area contributed by atoms with Crippen LogP contribution in [-0.2, 0) is 57.3 Å². The lowest BCUT2D eigenvalue weighted by molar-refractivity contribution is -0.143. The summed E-state index contributed by atoms with van der Waals surface area (Å²) in [5.74, 6) is -3.30. The van der Waals surface area contributed by atoms with Crippen LogP contribution in [0.1, 0.15) is 161 Å². The summed E-state index contributed by atoms with van der Waals surface area (Å²) in [5, 5.41) is 31.8. The molecule has 1 fully saturated rings. The Bertz CT molecular complexity index is 1430. The van der Waals surface area contributed by atoms with Crippen molar-refractivity contribution < 1.29 is 67.5 Å². The second-order valence-electron chi connectivity index (χ2n) is 17.7. The molecule has 1 rings (SSSR count). The second-order valence-corrected chi connectivity index (χ2v) is 18.3. The normalized spacial score (nSPS) is 15.4. The van der Waals surface area contributed by atoms with Gasteiger partial charge in [0.05, 0.1) is 45.7 Å². The lowest BCUT2D eigenvalue weighted by Gasteiger charge is -2.28. The van der Waals surface area contributed by atoms with Crippen LogP contribution in [0, 0.1) is 11.8 Å². The van der Waals surface area contributed by atoms with Gasteiger partial charge in [-0.05, 0) is 57.8 Å². The fraction of sp³-hybridized carbons (Fsp3) is 0.833. The molecular formula is C48H86N5O14P. The van der Waals surface area contributed by atoms with Crippen LogP contribution in [0.3, 0.4) is 0 Å². The molecule has 0 aliphatic heterocycles. The Balaban J connectivity index is 1.99. The van der Waals surface area contributed by atoms with E-state index in [1.165, 1.54) is 64.2 Å². The van der Waals surface area contributed by atoms with Crippen LogP contribution in [0.15, 0.2) is 0 Å².